The van der Waals surface area contributed by atoms with Crippen LogP contribution in [0.25, 0.3) is 0 Å². The van der Waals surface area contributed by atoms with Gasteiger partial charge < -0.3 is 15.5 Å². The van der Waals surface area contributed by atoms with Gasteiger partial charge in [0, 0.05) is 13.0 Å². The largest absolute Gasteiger partial charge is 0.480 e. The van der Waals surface area contributed by atoms with Gasteiger partial charge in [-0.2, -0.15) is 0 Å². The Kier molecular flexibility index (Phi) is 1.66. The van der Waals surface area contributed by atoms with Gasteiger partial charge in [-0.05, 0) is 6.92 Å². The summed E-state index contributed by atoms with van der Waals surface area (Å²) in [5.74, 6) is -0.891. The number of carbonyl (C=O) groups is 1. The van der Waals surface area contributed by atoms with E-state index in [0.29, 0.717) is 13.0 Å². The molecule has 1 aliphatic heterocycles. The fraction of sp³-hybridized carbons (Fsp3) is 0.833. The predicted octanol–water partition coefficient (Wildman–Crippen LogP) is -0.816. The summed E-state index contributed by atoms with van der Waals surface area (Å²) in [6.45, 7) is 1.99. The van der Waals surface area contributed by atoms with Crippen molar-refractivity contribution >= 4 is 5.97 Å². The zero-order chi connectivity index (χ0) is 7.78. The van der Waals surface area contributed by atoms with Crippen molar-refractivity contribution in [1.82, 2.24) is 5.32 Å². The lowest BCUT2D eigenvalue weighted by Crippen LogP contribution is -2.30. The minimum absolute atomic E-state index is 0.294. The van der Waals surface area contributed by atoms with E-state index in [0.717, 1.165) is 0 Å². The van der Waals surface area contributed by atoms with E-state index in [9.17, 15) is 9.90 Å². The van der Waals surface area contributed by atoms with Crippen LogP contribution in [-0.2, 0) is 4.79 Å². The predicted molar refractivity (Wildman–Crippen MR) is 34.7 cm³/mol. The quantitative estimate of drug-likeness (QED) is 0.451. The number of hydrogen-bond donors (Lipinski definition) is 3. The smallest absolute Gasteiger partial charge is 0.320 e. The average molecular weight is 145 g/mol. The lowest BCUT2D eigenvalue weighted by molar-refractivity contribution is -0.139. The number of carboxylic acid groups (broad SMARTS) is 1. The number of hydrogen-bond acceptors (Lipinski definition) is 3. The zero-order valence-corrected chi connectivity index (χ0v) is 5.79. The van der Waals surface area contributed by atoms with Crippen LogP contribution in [0.4, 0.5) is 0 Å². The second-order valence-electron chi connectivity index (χ2n) is 2.97. The molecule has 0 bridgehead atoms. The van der Waals surface area contributed by atoms with Gasteiger partial charge in [0.1, 0.15) is 6.04 Å². The van der Waals surface area contributed by atoms with E-state index in [2.05, 4.69) is 5.32 Å². The fourth-order valence-corrected chi connectivity index (χ4v) is 1.10. The number of rotatable bonds is 1. The normalized spacial score (nSPS) is 40.0. The molecule has 0 amide bonds. The lowest BCUT2D eigenvalue weighted by atomic mass is 10.0. The summed E-state index contributed by atoms with van der Waals surface area (Å²) >= 11 is 0. The third-order valence-electron chi connectivity index (χ3n) is 1.67. The van der Waals surface area contributed by atoms with Gasteiger partial charge in [-0.15, -0.1) is 0 Å². The van der Waals surface area contributed by atoms with E-state index in [1.165, 1.54) is 0 Å². The molecule has 0 aromatic heterocycles. The summed E-state index contributed by atoms with van der Waals surface area (Å²) < 4.78 is 0. The maximum atomic E-state index is 10.3. The van der Waals surface area contributed by atoms with Crippen LogP contribution in [0.2, 0.25) is 0 Å². The summed E-state index contributed by atoms with van der Waals surface area (Å²) in [7, 11) is 0. The first-order valence-corrected chi connectivity index (χ1v) is 3.20. The molecule has 0 saturated carbocycles. The number of nitrogens with one attached hydrogen (secondary N) is 1. The third-order valence-corrected chi connectivity index (χ3v) is 1.67. The first kappa shape index (κ1) is 7.50. The Bertz CT molecular complexity index is 155. The van der Waals surface area contributed by atoms with Crippen LogP contribution in [0.3, 0.4) is 0 Å². The molecule has 10 heavy (non-hydrogen) atoms. The van der Waals surface area contributed by atoms with Crippen LogP contribution in [0, 0.1) is 0 Å². The number of β-amino-alcohol motifs (C(OH)–C–C–N with tert-alkyl or cyclic N) is 1. The average Bonchev–Trinajstić information content (AvgIpc) is 2.10. The minimum atomic E-state index is -0.891. The van der Waals surface area contributed by atoms with Crippen molar-refractivity contribution in [3.8, 4) is 0 Å². The van der Waals surface area contributed by atoms with Gasteiger partial charge in [0.2, 0.25) is 0 Å². The molecule has 0 aromatic rings. The molecule has 1 saturated heterocycles. The van der Waals surface area contributed by atoms with Crippen molar-refractivity contribution < 1.29 is 15.0 Å². The molecular weight excluding hydrogens is 134 g/mol. The first-order chi connectivity index (χ1) is 4.51. The molecule has 1 aliphatic rings. The molecule has 4 heteroatoms. The molecule has 4 nitrogen and oxygen atoms in total. The molecular formula is C6H11NO3. The van der Waals surface area contributed by atoms with Crippen molar-refractivity contribution in [2.75, 3.05) is 6.54 Å². The summed E-state index contributed by atoms with van der Waals surface area (Å²) in [4.78, 5) is 10.3. The summed E-state index contributed by atoms with van der Waals surface area (Å²) in [6.07, 6.45) is 0.294. The van der Waals surface area contributed by atoms with E-state index in [-0.39, 0.29) is 0 Å². The summed E-state index contributed by atoms with van der Waals surface area (Å²) in [6, 6.07) is -0.574. The summed E-state index contributed by atoms with van der Waals surface area (Å²) in [5, 5.41) is 20.5. The topological polar surface area (TPSA) is 69.6 Å². The third kappa shape index (κ3) is 1.46. The van der Waals surface area contributed by atoms with E-state index < -0.39 is 17.6 Å². The number of carboxylic acids is 1. The Hall–Kier alpha value is -0.610. The Labute approximate surface area is 58.9 Å². The van der Waals surface area contributed by atoms with Crippen molar-refractivity contribution in [3.63, 3.8) is 0 Å². The minimum Gasteiger partial charge on any atom is -0.480 e. The van der Waals surface area contributed by atoms with Gasteiger partial charge in [0.15, 0.2) is 0 Å². The van der Waals surface area contributed by atoms with Gasteiger partial charge in [0.05, 0.1) is 5.60 Å². The van der Waals surface area contributed by atoms with Crippen molar-refractivity contribution in [2.24, 2.45) is 0 Å². The van der Waals surface area contributed by atoms with Gasteiger partial charge in [-0.3, -0.25) is 4.79 Å². The van der Waals surface area contributed by atoms with Crippen molar-refractivity contribution in [1.29, 1.82) is 0 Å². The van der Waals surface area contributed by atoms with Gasteiger partial charge in [0.25, 0.3) is 0 Å². The zero-order valence-electron chi connectivity index (χ0n) is 5.79. The molecule has 2 atom stereocenters. The van der Waals surface area contributed by atoms with Gasteiger partial charge in [-0.25, -0.2) is 0 Å². The van der Waals surface area contributed by atoms with Crippen LogP contribution in [0.5, 0.6) is 0 Å². The Morgan fingerprint density at radius 1 is 1.80 bits per heavy atom. The van der Waals surface area contributed by atoms with Crippen LogP contribution in [-0.4, -0.2) is 34.4 Å². The van der Waals surface area contributed by atoms with Crippen LogP contribution in [0.1, 0.15) is 13.3 Å². The SMILES string of the molecule is C[C@@]1(O)CNC(C(=O)O)C1. The monoisotopic (exact) mass is 145 g/mol. The molecule has 3 N–H and O–H groups in total. The highest BCUT2D eigenvalue weighted by atomic mass is 16.4. The fourth-order valence-electron chi connectivity index (χ4n) is 1.10. The Morgan fingerprint density at radius 2 is 2.40 bits per heavy atom. The standard InChI is InChI=1S/C6H11NO3/c1-6(10)2-4(5(8)9)7-3-6/h4,7,10H,2-3H2,1H3,(H,8,9)/t4?,6-/m0/s1. The second kappa shape index (κ2) is 2.21. The summed E-state index contributed by atoms with van der Waals surface area (Å²) in [5.41, 5.74) is -0.844. The maximum absolute atomic E-state index is 10.3. The second-order valence-corrected chi connectivity index (χ2v) is 2.97. The van der Waals surface area contributed by atoms with Gasteiger partial charge in [-0.1, -0.05) is 0 Å². The molecule has 1 rings (SSSR count). The lowest BCUT2D eigenvalue weighted by Gasteiger charge is -2.12. The number of aliphatic carboxylic acids is 1. The van der Waals surface area contributed by atoms with E-state index >= 15 is 0 Å². The maximum Gasteiger partial charge on any atom is 0.320 e. The van der Waals surface area contributed by atoms with E-state index in [4.69, 9.17) is 5.11 Å². The first-order valence-electron chi connectivity index (χ1n) is 3.20. The van der Waals surface area contributed by atoms with Crippen molar-refractivity contribution in [2.45, 2.75) is 25.0 Å². The van der Waals surface area contributed by atoms with Crippen LogP contribution in [0.15, 0.2) is 0 Å². The molecule has 1 heterocycles. The molecule has 0 aliphatic carbocycles. The highest BCUT2D eigenvalue weighted by Crippen LogP contribution is 2.17. The molecule has 1 fully saturated rings. The molecule has 58 valence electrons. The van der Waals surface area contributed by atoms with Gasteiger partial charge >= 0.3 is 5.97 Å². The highest BCUT2D eigenvalue weighted by Gasteiger charge is 2.36. The molecule has 1 unspecified atom stereocenters. The molecule has 0 spiro atoms. The number of aliphatic hydroxyl groups is 1. The molecule has 0 radical (unpaired) electrons. The van der Waals surface area contributed by atoms with Crippen LogP contribution < -0.4 is 5.32 Å². The molecule has 0 aromatic carbocycles. The van der Waals surface area contributed by atoms with E-state index in [1.807, 2.05) is 0 Å². The Morgan fingerprint density at radius 3 is 2.60 bits per heavy atom. The highest BCUT2D eigenvalue weighted by molar-refractivity contribution is 5.74. The van der Waals surface area contributed by atoms with Crippen LogP contribution >= 0.6 is 0 Å². The van der Waals surface area contributed by atoms with Crippen molar-refractivity contribution in [3.05, 3.63) is 0 Å². The Balaban J connectivity index is 2.51. The van der Waals surface area contributed by atoms with E-state index in [1.54, 1.807) is 6.92 Å².